The molecule has 3 aromatic rings. The molecular formula is C24H23F3N4O3. The minimum absolute atomic E-state index is 0.0265. The second kappa shape index (κ2) is 10.5. The van der Waals surface area contributed by atoms with Crippen molar-refractivity contribution in [2.24, 2.45) is 0 Å². The van der Waals surface area contributed by atoms with Crippen LogP contribution in [0.1, 0.15) is 11.3 Å². The highest BCUT2D eigenvalue weighted by molar-refractivity contribution is 5.70. The molecular weight excluding hydrogens is 449 g/mol. The van der Waals surface area contributed by atoms with Gasteiger partial charge in [0.1, 0.15) is 11.5 Å². The zero-order valence-corrected chi connectivity index (χ0v) is 18.2. The first kappa shape index (κ1) is 23.5. The molecule has 4 rings (SSSR count). The van der Waals surface area contributed by atoms with E-state index in [4.69, 9.17) is 9.47 Å². The Bertz CT molecular complexity index is 1070. The van der Waals surface area contributed by atoms with Crippen molar-refractivity contribution in [1.29, 1.82) is 0 Å². The molecule has 2 aromatic heterocycles. The van der Waals surface area contributed by atoms with E-state index in [1.54, 1.807) is 35.4 Å². The summed E-state index contributed by atoms with van der Waals surface area (Å²) < 4.78 is 48.7. The lowest BCUT2D eigenvalue weighted by Gasteiger charge is -2.33. The van der Waals surface area contributed by atoms with E-state index >= 15 is 0 Å². The second-order valence-electron chi connectivity index (χ2n) is 7.72. The van der Waals surface area contributed by atoms with E-state index in [1.165, 1.54) is 0 Å². The summed E-state index contributed by atoms with van der Waals surface area (Å²) in [5, 5.41) is 0. The number of carbonyl (C=O) groups is 1. The van der Waals surface area contributed by atoms with Crippen LogP contribution >= 0.6 is 0 Å². The molecule has 0 unspecified atom stereocenters. The second-order valence-corrected chi connectivity index (χ2v) is 7.72. The van der Waals surface area contributed by atoms with Gasteiger partial charge in [0, 0.05) is 63.3 Å². The van der Waals surface area contributed by atoms with E-state index in [0.29, 0.717) is 30.8 Å². The van der Waals surface area contributed by atoms with Gasteiger partial charge >= 0.3 is 12.3 Å². The van der Waals surface area contributed by atoms with Crippen LogP contribution in [0.5, 0.6) is 17.4 Å². The third kappa shape index (κ3) is 6.44. The van der Waals surface area contributed by atoms with Crippen molar-refractivity contribution in [3.8, 4) is 17.4 Å². The first-order valence-corrected chi connectivity index (χ1v) is 10.8. The zero-order valence-electron chi connectivity index (χ0n) is 18.2. The molecule has 0 spiro atoms. The summed E-state index contributed by atoms with van der Waals surface area (Å²) in [5.41, 5.74) is 0.196. The van der Waals surface area contributed by atoms with Crippen molar-refractivity contribution >= 4 is 6.09 Å². The number of hydrogen-bond donors (Lipinski definition) is 0. The highest BCUT2D eigenvalue weighted by atomic mass is 19.4. The van der Waals surface area contributed by atoms with Crippen molar-refractivity contribution in [3.63, 3.8) is 0 Å². The molecule has 34 heavy (non-hydrogen) atoms. The van der Waals surface area contributed by atoms with Gasteiger partial charge in [0.25, 0.3) is 0 Å². The predicted molar refractivity (Wildman–Crippen MR) is 118 cm³/mol. The van der Waals surface area contributed by atoms with E-state index in [0.717, 1.165) is 43.9 Å². The number of ether oxygens (including phenoxy) is 2. The number of rotatable bonds is 6. The molecule has 1 aliphatic heterocycles. The van der Waals surface area contributed by atoms with Gasteiger partial charge < -0.3 is 14.4 Å². The summed E-state index contributed by atoms with van der Waals surface area (Å²) in [6.45, 7) is 3.54. The molecule has 0 bridgehead atoms. The fraction of sp³-hybridized carbons (Fsp3) is 0.292. The first-order valence-electron chi connectivity index (χ1n) is 10.8. The smallest absolute Gasteiger partial charge is 0.417 e. The van der Waals surface area contributed by atoms with Crippen LogP contribution in [0, 0.1) is 0 Å². The van der Waals surface area contributed by atoms with Gasteiger partial charge in [-0.25, -0.2) is 9.78 Å². The normalized spacial score (nSPS) is 14.6. The van der Waals surface area contributed by atoms with Gasteiger partial charge in [0.05, 0.1) is 5.56 Å². The molecule has 3 heterocycles. The number of hydrogen-bond acceptors (Lipinski definition) is 6. The maximum atomic E-state index is 12.6. The number of aromatic nitrogens is 2. The van der Waals surface area contributed by atoms with Gasteiger partial charge in [-0.1, -0.05) is 6.07 Å². The molecule has 178 valence electrons. The molecule has 1 amide bonds. The van der Waals surface area contributed by atoms with Gasteiger partial charge in [0.15, 0.2) is 0 Å². The Morgan fingerprint density at radius 1 is 0.912 bits per heavy atom. The molecule has 0 atom stereocenters. The molecule has 10 heteroatoms. The van der Waals surface area contributed by atoms with Crippen LogP contribution < -0.4 is 9.47 Å². The summed E-state index contributed by atoms with van der Waals surface area (Å²) in [5.74, 6) is 0.725. The third-order valence-corrected chi connectivity index (χ3v) is 5.36. The van der Waals surface area contributed by atoms with E-state index in [-0.39, 0.29) is 5.88 Å². The topological polar surface area (TPSA) is 67.8 Å². The Labute approximate surface area is 194 Å². The Morgan fingerprint density at radius 3 is 2.26 bits per heavy atom. The van der Waals surface area contributed by atoms with Gasteiger partial charge in [-0.05, 0) is 42.5 Å². The van der Waals surface area contributed by atoms with Crippen LogP contribution in [-0.4, -0.2) is 58.6 Å². The van der Waals surface area contributed by atoms with E-state index in [1.807, 2.05) is 18.2 Å². The third-order valence-electron chi connectivity index (χ3n) is 5.36. The molecule has 0 N–H and O–H groups in total. The molecule has 0 radical (unpaired) electrons. The molecule has 1 aromatic carbocycles. The van der Waals surface area contributed by atoms with E-state index in [9.17, 15) is 18.0 Å². The summed E-state index contributed by atoms with van der Waals surface area (Å²) in [4.78, 5) is 24.4. The number of alkyl halides is 3. The molecule has 1 fully saturated rings. The van der Waals surface area contributed by atoms with Crippen molar-refractivity contribution in [2.45, 2.75) is 12.6 Å². The van der Waals surface area contributed by atoms with Crippen LogP contribution in [0.25, 0.3) is 0 Å². The van der Waals surface area contributed by atoms with Crippen LogP contribution in [0.2, 0.25) is 0 Å². The Kier molecular flexibility index (Phi) is 7.27. The van der Waals surface area contributed by atoms with E-state index < -0.39 is 17.8 Å². The van der Waals surface area contributed by atoms with Crippen LogP contribution in [0.4, 0.5) is 18.0 Å². The SMILES string of the molecule is O=C(Oc1ccc(Oc2ccc(C(F)(F)F)cn2)cc1)N1CCN(CCc2ccccn2)CC1. The quantitative estimate of drug-likeness (QED) is 0.521. The number of benzene rings is 1. The number of nitrogens with zero attached hydrogens (tertiary/aromatic N) is 4. The monoisotopic (exact) mass is 472 g/mol. The van der Waals surface area contributed by atoms with E-state index in [2.05, 4.69) is 14.9 Å². The summed E-state index contributed by atoms with van der Waals surface area (Å²) in [6, 6.07) is 14.1. The molecule has 1 saturated heterocycles. The molecule has 7 nitrogen and oxygen atoms in total. The Hall–Kier alpha value is -3.66. The van der Waals surface area contributed by atoms with Crippen LogP contribution in [-0.2, 0) is 12.6 Å². The highest BCUT2D eigenvalue weighted by Gasteiger charge is 2.30. The Balaban J connectivity index is 1.22. The molecule has 0 aliphatic carbocycles. The van der Waals surface area contributed by atoms with Gasteiger partial charge in [-0.2, -0.15) is 13.2 Å². The van der Waals surface area contributed by atoms with Crippen molar-refractivity contribution in [3.05, 3.63) is 78.2 Å². The average molecular weight is 472 g/mol. The zero-order chi connectivity index (χ0) is 24.0. The number of pyridine rings is 2. The number of carbonyl (C=O) groups excluding carboxylic acids is 1. The van der Waals surface area contributed by atoms with Crippen molar-refractivity contribution in [1.82, 2.24) is 19.8 Å². The predicted octanol–water partition coefficient (Wildman–Crippen LogP) is 4.65. The van der Waals surface area contributed by atoms with Gasteiger partial charge in [0.2, 0.25) is 5.88 Å². The molecule has 1 aliphatic rings. The number of amides is 1. The largest absolute Gasteiger partial charge is 0.439 e. The fourth-order valence-corrected chi connectivity index (χ4v) is 3.44. The lowest BCUT2D eigenvalue weighted by atomic mass is 10.2. The summed E-state index contributed by atoms with van der Waals surface area (Å²) in [6.07, 6.45) is -1.52. The van der Waals surface area contributed by atoms with Gasteiger partial charge in [-0.3, -0.25) is 9.88 Å². The summed E-state index contributed by atoms with van der Waals surface area (Å²) >= 11 is 0. The van der Waals surface area contributed by atoms with Crippen LogP contribution in [0.15, 0.2) is 67.0 Å². The number of piperazine rings is 1. The fourth-order valence-electron chi connectivity index (χ4n) is 3.44. The highest BCUT2D eigenvalue weighted by Crippen LogP contribution is 2.30. The lowest BCUT2D eigenvalue weighted by molar-refractivity contribution is -0.137. The summed E-state index contributed by atoms with van der Waals surface area (Å²) in [7, 11) is 0. The minimum atomic E-state index is -4.46. The average Bonchev–Trinajstić information content (AvgIpc) is 2.85. The van der Waals surface area contributed by atoms with Crippen LogP contribution in [0.3, 0.4) is 0 Å². The minimum Gasteiger partial charge on any atom is -0.439 e. The van der Waals surface area contributed by atoms with Gasteiger partial charge in [-0.15, -0.1) is 0 Å². The van der Waals surface area contributed by atoms with Crippen molar-refractivity contribution in [2.75, 3.05) is 32.7 Å². The maximum Gasteiger partial charge on any atom is 0.417 e. The van der Waals surface area contributed by atoms with Crippen molar-refractivity contribution < 1.29 is 27.4 Å². The standard InChI is InChI=1S/C24H23F3N4O3/c25-24(26,27)18-4-9-22(29-17-18)33-20-5-7-21(8-6-20)34-23(32)31-15-13-30(14-16-31)12-10-19-3-1-2-11-28-19/h1-9,11,17H,10,12-16H2. The number of halogens is 3. The maximum absolute atomic E-state index is 12.6. The molecule has 0 saturated carbocycles. The first-order chi connectivity index (χ1) is 16.4. The lowest BCUT2D eigenvalue weighted by Crippen LogP contribution is -2.49. The Morgan fingerprint density at radius 2 is 1.65 bits per heavy atom.